The molecule has 1 aromatic rings. The van der Waals surface area contributed by atoms with Gasteiger partial charge in [0.2, 0.25) is 0 Å². The summed E-state index contributed by atoms with van der Waals surface area (Å²) in [6, 6.07) is -0.0307. The van der Waals surface area contributed by atoms with Crippen LogP contribution >= 0.6 is 35.3 Å². The molecule has 8 heteroatoms. The van der Waals surface area contributed by atoms with Crippen molar-refractivity contribution in [1.29, 1.82) is 0 Å². The second-order valence-corrected chi connectivity index (χ2v) is 8.06. The van der Waals surface area contributed by atoms with Crippen molar-refractivity contribution in [2.45, 2.75) is 59.4 Å². The zero-order valence-corrected chi connectivity index (χ0v) is 20.1. The predicted octanol–water partition coefficient (Wildman–Crippen LogP) is 4.30. The lowest BCUT2D eigenvalue weighted by atomic mass is 9.80. The van der Waals surface area contributed by atoms with E-state index in [-0.39, 0.29) is 36.0 Å². The number of aryl methyl sites for hydroxylation is 1. The van der Waals surface area contributed by atoms with Crippen LogP contribution < -0.4 is 10.6 Å². The molecule has 1 saturated carbocycles. The summed E-state index contributed by atoms with van der Waals surface area (Å²) in [7, 11) is 1.78. The summed E-state index contributed by atoms with van der Waals surface area (Å²) in [6.07, 6.45) is 5.29. The van der Waals surface area contributed by atoms with Crippen LogP contribution in [-0.4, -0.2) is 37.1 Å². The van der Waals surface area contributed by atoms with Gasteiger partial charge in [-0.1, -0.05) is 26.2 Å². The number of guanidine groups is 1. The third-order valence-corrected chi connectivity index (χ3v) is 6.36. The lowest BCUT2D eigenvalue weighted by Crippen LogP contribution is -2.42. The second kappa shape index (κ2) is 11.8. The van der Waals surface area contributed by atoms with Gasteiger partial charge in [-0.3, -0.25) is 4.99 Å². The molecule has 2 N–H and O–H groups in total. The molecule has 154 valence electrons. The molecule has 1 aliphatic rings. The fraction of sp³-hybridized carbons (Fsp3) is 0.737. The molecular formula is C19H33IN4O2S. The van der Waals surface area contributed by atoms with Crippen LogP contribution in [0.4, 0.5) is 0 Å². The average Bonchev–Trinajstić information content (AvgIpc) is 3.02. The maximum atomic E-state index is 12.0. The third kappa shape index (κ3) is 6.89. The van der Waals surface area contributed by atoms with Gasteiger partial charge in [0.25, 0.3) is 0 Å². The number of hydrogen-bond donors (Lipinski definition) is 2. The first kappa shape index (κ1) is 24.1. The Morgan fingerprint density at radius 1 is 1.41 bits per heavy atom. The molecule has 0 bridgehead atoms. The van der Waals surface area contributed by atoms with Crippen molar-refractivity contribution in [2.24, 2.45) is 16.8 Å². The van der Waals surface area contributed by atoms with Crippen molar-refractivity contribution in [1.82, 2.24) is 15.6 Å². The highest BCUT2D eigenvalue weighted by atomic mass is 127. The number of carbonyl (C=O) groups excluding carboxylic acids is 1. The van der Waals surface area contributed by atoms with Gasteiger partial charge >= 0.3 is 5.97 Å². The van der Waals surface area contributed by atoms with E-state index in [2.05, 4.69) is 27.5 Å². The van der Waals surface area contributed by atoms with E-state index in [0.29, 0.717) is 17.4 Å². The molecule has 0 aliphatic heterocycles. The number of carbonyl (C=O) groups is 1. The molecule has 6 nitrogen and oxygen atoms in total. The molecule has 1 aromatic heterocycles. The first-order chi connectivity index (χ1) is 12.5. The molecule has 1 fully saturated rings. The molecule has 1 aliphatic carbocycles. The van der Waals surface area contributed by atoms with Gasteiger partial charge in [-0.2, -0.15) is 0 Å². The Kier molecular flexibility index (Phi) is 10.6. The Labute approximate surface area is 184 Å². The Bertz CT molecular complexity index is 635. The van der Waals surface area contributed by atoms with Gasteiger partial charge in [0.05, 0.1) is 18.3 Å². The number of aromatic nitrogens is 1. The fourth-order valence-electron chi connectivity index (χ4n) is 3.37. The van der Waals surface area contributed by atoms with Crippen molar-refractivity contribution >= 4 is 47.2 Å². The third-order valence-electron chi connectivity index (χ3n) is 5.04. The van der Waals surface area contributed by atoms with E-state index < -0.39 is 0 Å². The molecule has 3 unspecified atom stereocenters. The maximum absolute atomic E-state index is 12.0. The Hall–Kier alpha value is -0.900. The van der Waals surface area contributed by atoms with E-state index in [9.17, 15) is 4.79 Å². The minimum absolute atomic E-state index is 0. The second-order valence-electron chi connectivity index (χ2n) is 7.03. The van der Waals surface area contributed by atoms with Crippen molar-refractivity contribution in [2.75, 3.05) is 20.2 Å². The standard InChI is InChI=1S/C19H32N4O2S.HI/c1-6-25-18(24)16-13(3)22-17(26-16)14(4)23-19(20-5)21-11-15-10-8-7-9-12(15)2;/h12,14-15H,6-11H2,1-5H3,(H2,20,21,23);1H. The minimum atomic E-state index is -0.297. The molecule has 1 heterocycles. The van der Waals surface area contributed by atoms with Gasteiger partial charge in [0.1, 0.15) is 9.88 Å². The SMILES string of the molecule is CCOC(=O)c1sc(C(C)NC(=NC)NCC2CCCCC2C)nc1C.I. The Morgan fingerprint density at radius 2 is 2.11 bits per heavy atom. The predicted molar refractivity (Wildman–Crippen MR) is 122 cm³/mol. The molecule has 0 saturated heterocycles. The largest absolute Gasteiger partial charge is 0.462 e. The van der Waals surface area contributed by atoms with Crippen LogP contribution in [0.15, 0.2) is 4.99 Å². The highest BCUT2D eigenvalue weighted by Gasteiger charge is 2.23. The van der Waals surface area contributed by atoms with Gasteiger partial charge in [0.15, 0.2) is 5.96 Å². The lowest BCUT2D eigenvalue weighted by molar-refractivity contribution is 0.0531. The number of hydrogen-bond acceptors (Lipinski definition) is 5. The Balaban J connectivity index is 0.00000364. The van der Waals surface area contributed by atoms with Gasteiger partial charge < -0.3 is 15.4 Å². The smallest absolute Gasteiger partial charge is 0.350 e. The lowest BCUT2D eigenvalue weighted by Gasteiger charge is -2.29. The van der Waals surface area contributed by atoms with E-state index in [0.717, 1.165) is 29.1 Å². The topological polar surface area (TPSA) is 75.6 Å². The Morgan fingerprint density at radius 3 is 2.74 bits per heavy atom. The first-order valence-corrected chi connectivity index (χ1v) is 10.4. The fourth-order valence-corrected chi connectivity index (χ4v) is 4.34. The summed E-state index contributed by atoms with van der Waals surface area (Å²) in [6.45, 7) is 9.34. The van der Waals surface area contributed by atoms with E-state index in [1.807, 2.05) is 20.8 Å². The summed E-state index contributed by atoms with van der Waals surface area (Å²) in [5.74, 6) is 1.95. The van der Waals surface area contributed by atoms with Crippen LogP contribution in [0.2, 0.25) is 0 Å². The van der Waals surface area contributed by atoms with E-state index in [1.54, 1.807) is 7.05 Å². The van der Waals surface area contributed by atoms with E-state index in [4.69, 9.17) is 4.74 Å². The number of esters is 1. The molecule has 0 amide bonds. The van der Waals surface area contributed by atoms with Crippen molar-refractivity contribution in [3.8, 4) is 0 Å². The van der Waals surface area contributed by atoms with Crippen LogP contribution in [0.1, 0.15) is 72.9 Å². The van der Waals surface area contributed by atoms with Crippen LogP contribution in [0, 0.1) is 18.8 Å². The molecule has 3 atom stereocenters. The number of thiazole rings is 1. The summed E-state index contributed by atoms with van der Waals surface area (Å²) in [5.41, 5.74) is 0.719. The van der Waals surface area contributed by atoms with Crippen LogP contribution in [0.5, 0.6) is 0 Å². The molecule has 0 radical (unpaired) electrons. The number of halogens is 1. The summed E-state index contributed by atoms with van der Waals surface area (Å²) < 4.78 is 5.09. The van der Waals surface area contributed by atoms with Gasteiger partial charge in [-0.05, 0) is 39.0 Å². The number of nitrogens with one attached hydrogen (secondary N) is 2. The van der Waals surface area contributed by atoms with Gasteiger partial charge in [-0.15, -0.1) is 35.3 Å². The first-order valence-electron chi connectivity index (χ1n) is 9.57. The van der Waals surface area contributed by atoms with Crippen molar-refractivity contribution in [3.05, 3.63) is 15.6 Å². The van der Waals surface area contributed by atoms with Gasteiger partial charge in [0, 0.05) is 13.6 Å². The van der Waals surface area contributed by atoms with Crippen molar-refractivity contribution in [3.63, 3.8) is 0 Å². The number of ether oxygens (including phenoxy) is 1. The van der Waals surface area contributed by atoms with Crippen molar-refractivity contribution < 1.29 is 9.53 Å². The number of nitrogens with zero attached hydrogens (tertiary/aromatic N) is 2. The maximum Gasteiger partial charge on any atom is 0.350 e. The average molecular weight is 508 g/mol. The van der Waals surface area contributed by atoms with Gasteiger partial charge in [-0.25, -0.2) is 9.78 Å². The highest BCUT2D eigenvalue weighted by Crippen LogP contribution is 2.29. The normalized spacial score (nSPS) is 21.1. The molecule has 27 heavy (non-hydrogen) atoms. The summed E-state index contributed by atoms with van der Waals surface area (Å²) >= 11 is 1.38. The monoisotopic (exact) mass is 508 g/mol. The zero-order valence-electron chi connectivity index (χ0n) is 17.0. The summed E-state index contributed by atoms with van der Waals surface area (Å²) in [4.78, 5) is 21.4. The van der Waals surface area contributed by atoms with E-state index in [1.165, 1.54) is 37.0 Å². The molecule has 0 aromatic carbocycles. The van der Waals surface area contributed by atoms with Crippen LogP contribution in [-0.2, 0) is 4.74 Å². The zero-order chi connectivity index (χ0) is 19.1. The number of rotatable bonds is 6. The number of aliphatic imine (C=N–C) groups is 1. The van der Waals surface area contributed by atoms with Crippen LogP contribution in [0.25, 0.3) is 0 Å². The minimum Gasteiger partial charge on any atom is -0.462 e. The molecule has 2 rings (SSSR count). The van der Waals surface area contributed by atoms with E-state index >= 15 is 0 Å². The highest BCUT2D eigenvalue weighted by molar-refractivity contribution is 14.0. The molecule has 0 spiro atoms. The molecular weight excluding hydrogens is 475 g/mol. The quantitative estimate of drug-likeness (QED) is 0.260. The van der Waals surface area contributed by atoms with Crippen LogP contribution in [0.3, 0.4) is 0 Å². The summed E-state index contributed by atoms with van der Waals surface area (Å²) in [5, 5.41) is 7.70.